The molecule has 3 aromatic carbocycles. The highest BCUT2D eigenvalue weighted by atomic mass is 32.2. The number of aliphatic hydroxyl groups is 2. The minimum Gasteiger partial charge on any atom is -0.392 e. The van der Waals surface area contributed by atoms with Crippen LogP contribution in [0, 0.1) is 5.92 Å². The monoisotopic (exact) mass is 535 g/mol. The molecule has 8 heteroatoms. The van der Waals surface area contributed by atoms with E-state index in [1.165, 1.54) is 0 Å². The molecule has 7 nitrogen and oxygen atoms in total. The molecule has 1 amide bonds. The lowest BCUT2D eigenvalue weighted by molar-refractivity contribution is -0.127. The SMILES string of the molecule is CC(C)Nc1ccc(S(=O)NCC(O)CC(Cc2ccccc2)C(=O)NC2c3ccccc3CC2O)cc1. The molecule has 0 aliphatic heterocycles. The number of hydrogen-bond donors (Lipinski definition) is 5. The van der Waals surface area contributed by atoms with E-state index in [1.807, 2.05) is 66.7 Å². The van der Waals surface area contributed by atoms with Crippen LogP contribution in [0.1, 0.15) is 43.0 Å². The Morgan fingerprint density at radius 3 is 2.39 bits per heavy atom. The summed E-state index contributed by atoms with van der Waals surface area (Å²) in [4.78, 5) is 14.1. The largest absolute Gasteiger partial charge is 0.392 e. The smallest absolute Gasteiger partial charge is 0.224 e. The minimum atomic E-state index is -1.49. The quantitative estimate of drug-likeness (QED) is 0.244. The van der Waals surface area contributed by atoms with Gasteiger partial charge in [-0.15, -0.1) is 0 Å². The van der Waals surface area contributed by atoms with Crippen LogP contribution < -0.4 is 15.4 Å². The average molecular weight is 536 g/mol. The predicted molar refractivity (Wildman–Crippen MR) is 151 cm³/mol. The maximum Gasteiger partial charge on any atom is 0.224 e. The first-order valence-electron chi connectivity index (χ1n) is 13.1. The molecule has 5 atom stereocenters. The number of amides is 1. The van der Waals surface area contributed by atoms with Crippen LogP contribution >= 0.6 is 0 Å². The van der Waals surface area contributed by atoms with Crippen LogP contribution in [0.2, 0.25) is 0 Å². The molecule has 0 fully saturated rings. The Morgan fingerprint density at radius 2 is 1.68 bits per heavy atom. The van der Waals surface area contributed by atoms with Crippen molar-refractivity contribution in [2.75, 3.05) is 11.9 Å². The van der Waals surface area contributed by atoms with Gasteiger partial charge >= 0.3 is 0 Å². The molecule has 0 saturated heterocycles. The lowest BCUT2D eigenvalue weighted by Gasteiger charge is -2.24. The zero-order valence-electron chi connectivity index (χ0n) is 21.8. The van der Waals surface area contributed by atoms with E-state index >= 15 is 0 Å². The van der Waals surface area contributed by atoms with E-state index < -0.39 is 35.2 Å². The summed E-state index contributed by atoms with van der Waals surface area (Å²) in [5, 5.41) is 27.8. The van der Waals surface area contributed by atoms with Gasteiger partial charge in [-0.2, -0.15) is 0 Å². The molecule has 5 N–H and O–H groups in total. The normalized spacial score (nSPS) is 19.0. The number of carbonyl (C=O) groups excluding carboxylic acids is 1. The number of carbonyl (C=O) groups is 1. The summed E-state index contributed by atoms with van der Waals surface area (Å²) in [6.45, 7) is 4.18. The Kier molecular flexibility index (Phi) is 9.69. The fourth-order valence-electron chi connectivity index (χ4n) is 4.88. The van der Waals surface area contributed by atoms with Crippen LogP contribution in [0.15, 0.2) is 83.8 Å². The fourth-order valence-corrected chi connectivity index (χ4v) is 5.77. The Bertz CT molecular complexity index is 1220. The molecular formula is C30H37N3O4S. The maximum absolute atomic E-state index is 13.4. The molecule has 0 spiro atoms. The maximum atomic E-state index is 13.4. The number of aliphatic hydroxyl groups excluding tert-OH is 2. The summed E-state index contributed by atoms with van der Waals surface area (Å²) in [6.07, 6.45) is -0.447. The van der Waals surface area contributed by atoms with Gasteiger partial charge in [0.15, 0.2) is 0 Å². The highest BCUT2D eigenvalue weighted by molar-refractivity contribution is 7.83. The number of nitrogens with one attached hydrogen (secondary N) is 3. The summed E-state index contributed by atoms with van der Waals surface area (Å²) >= 11 is 0. The third kappa shape index (κ3) is 7.51. The van der Waals surface area contributed by atoms with Crippen LogP contribution in [0.5, 0.6) is 0 Å². The fraction of sp³-hybridized carbons (Fsp3) is 0.367. The van der Waals surface area contributed by atoms with E-state index in [-0.39, 0.29) is 18.9 Å². The van der Waals surface area contributed by atoms with Gasteiger partial charge in [-0.3, -0.25) is 4.79 Å². The number of hydrogen-bond acceptors (Lipinski definition) is 5. The van der Waals surface area contributed by atoms with E-state index in [9.17, 15) is 19.2 Å². The second-order valence-corrected chi connectivity index (χ2v) is 11.5. The molecule has 4 rings (SSSR count). The van der Waals surface area contributed by atoms with Crippen molar-refractivity contribution in [3.63, 3.8) is 0 Å². The molecule has 5 unspecified atom stereocenters. The summed E-state index contributed by atoms with van der Waals surface area (Å²) in [7, 11) is -1.49. The molecule has 38 heavy (non-hydrogen) atoms. The predicted octanol–water partition coefficient (Wildman–Crippen LogP) is 3.50. The number of anilines is 1. The Balaban J connectivity index is 1.38. The van der Waals surface area contributed by atoms with Crippen LogP contribution in [-0.4, -0.2) is 45.1 Å². The van der Waals surface area contributed by atoms with Crippen molar-refractivity contribution in [1.29, 1.82) is 0 Å². The highest BCUT2D eigenvalue weighted by Crippen LogP contribution is 2.32. The molecule has 0 bridgehead atoms. The van der Waals surface area contributed by atoms with Crippen LogP contribution in [-0.2, 0) is 28.6 Å². The Labute approximate surface area is 227 Å². The standard InChI is InChI=1S/C30H37N3O4S/c1-20(2)32-24-12-14-26(15-13-24)38(37)31-19-25(34)17-23(16-21-8-4-3-5-9-21)30(36)33-29-27-11-7-6-10-22(27)18-28(29)35/h3-15,20,23,25,28-29,31-32,34-35H,16-19H2,1-2H3,(H,33,36). The first kappa shape index (κ1) is 28.0. The van der Waals surface area contributed by atoms with Crippen LogP contribution in [0.3, 0.4) is 0 Å². The summed E-state index contributed by atoms with van der Waals surface area (Å²) in [6, 6.07) is 24.6. The van der Waals surface area contributed by atoms with Gasteiger partial charge in [-0.1, -0.05) is 54.6 Å². The molecule has 0 aromatic heterocycles. The van der Waals surface area contributed by atoms with Crippen molar-refractivity contribution in [3.05, 3.63) is 95.6 Å². The lowest BCUT2D eigenvalue weighted by atomic mass is 9.92. The zero-order valence-corrected chi connectivity index (χ0v) is 22.7. The first-order valence-corrected chi connectivity index (χ1v) is 14.2. The second kappa shape index (κ2) is 13.2. The first-order chi connectivity index (χ1) is 18.3. The third-order valence-electron chi connectivity index (χ3n) is 6.73. The topological polar surface area (TPSA) is 111 Å². The van der Waals surface area contributed by atoms with Gasteiger partial charge in [0.05, 0.1) is 23.1 Å². The lowest BCUT2D eigenvalue weighted by Crippen LogP contribution is -2.40. The zero-order chi connectivity index (χ0) is 27.1. The molecule has 0 radical (unpaired) electrons. The molecule has 1 aliphatic carbocycles. The minimum absolute atomic E-state index is 0.0755. The average Bonchev–Trinajstić information content (AvgIpc) is 3.22. The van der Waals surface area contributed by atoms with Gasteiger partial charge in [0.25, 0.3) is 0 Å². The Hall–Kier alpha value is -3.04. The molecule has 0 saturated carbocycles. The summed E-state index contributed by atoms with van der Waals surface area (Å²) in [5.41, 5.74) is 3.90. The van der Waals surface area contributed by atoms with Crippen molar-refractivity contribution in [1.82, 2.24) is 10.0 Å². The molecular weight excluding hydrogens is 498 g/mol. The third-order valence-corrected chi connectivity index (χ3v) is 7.86. The molecule has 1 aliphatic rings. The summed E-state index contributed by atoms with van der Waals surface area (Å²) in [5.74, 6) is -0.744. The van der Waals surface area contributed by atoms with E-state index in [2.05, 4.69) is 29.2 Å². The number of benzene rings is 3. The van der Waals surface area contributed by atoms with Gasteiger partial charge in [0.1, 0.15) is 11.0 Å². The van der Waals surface area contributed by atoms with E-state index in [0.29, 0.717) is 23.8 Å². The van der Waals surface area contributed by atoms with E-state index in [1.54, 1.807) is 12.1 Å². The second-order valence-electron chi connectivity index (χ2n) is 10.2. The van der Waals surface area contributed by atoms with Gasteiger partial charge in [0, 0.05) is 30.6 Å². The van der Waals surface area contributed by atoms with Gasteiger partial charge in [0.2, 0.25) is 5.91 Å². The highest BCUT2D eigenvalue weighted by Gasteiger charge is 2.34. The van der Waals surface area contributed by atoms with Crippen LogP contribution in [0.4, 0.5) is 5.69 Å². The summed E-state index contributed by atoms with van der Waals surface area (Å²) < 4.78 is 15.6. The van der Waals surface area contributed by atoms with E-state index in [4.69, 9.17) is 0 Å². The van der Waals surface area contributed by atoms with Crippen LogP contribution in [0.25, 0.3) is 0 Å². The van der Waals surface area contributed by atoms with Crippen molar-refractivity contribution in [3.8, 4) is 0 Å². The van der Waals surface area contributed by atoms with Crippen molar-refractivity contribution < 1.29 is 19.2 Å². The number of fused-ring (bicyclic) bond motifs is 1. The van der Waals surface area contributed by atoms with Crippen molar-refractivity contribution in [2.24, 2.45) is 5.92 Å². The molecule has 0 heterocycles. The van der Waals surface area contributed by atoms with E-state index in [0.717, 1.165) is 22.4 Å². The molecule has 202 valence electrons. The van der Waals surface area contributed by atoms with Gasteiger partial charge < -0.3 is 20.8 Å². The van der Waals surface area contributed by atoms with Crippen molar-refractivity contribution >= 4 is 22.6 Å². The van der Waals surface area contributed by atoms with Gasteiger partial charge in [-0.25, -0.2) is 8.93 Å². The van der Waals surface area contributed by atoms with Gasteiger partial charge in [-0.05, 0) is 67.6 Å². The number of rotatable bonds is 12. The Morgan fingerprint density at radius 1 is 1.00 bits per heavy atom. The molecule has 3 aromatic rings. The van der Waals surface area contributed by atoms with Crippen molar-refractivity contribution in [2.45, 2.75) is 62.3 Å².